The van der Waals surface area contributed by atoms with Crippen LogP contribution in [-0.2, 0) is 27.7 Å². The second-order valence-corrected chi connectivity index (χ2v) is 10.8. The van der Waals surface area contributed by atoms with Crippen LogP contribution in [0.5, 0.6) is 11.5 Å². The van der Waals surface area contributed by atoms with Crippen molar-refractivity contribution in [2.75, 3.05) is 19.8 Å². The van der Waals surface area contributed by atoms with Gasteiger partial charge in [0.15, 0.2) is 11.5 Å². The number of benzene rings is 2. The third-order valence-electron chi connectivity index (χ3n) is 6.61. The fraction of sp³-hybridized carbons (Fsp3) is 0.480. The van der Waals surface area contributed by atoms with E-state index in [1.165, 1.54) is 5.56 Å². The van der Waals surface area contributed by atoms with Gasteiger partial charge in [0, 0.05) is 13.0 Å². The number of sulfonamides is 1. The van der Waals surface area contributed by atoms with Crippen molar-refractivity contribution >= 4 is 15.9 Å². The van der Waals surface area contributed by atoms with Gasteiger partial charge in [-0.1, -0.05) is 12.1 Å². The zero-order valence-corrected chi connectivity index (χ0v) is 19.5. The monoisotopic (exact) mass is 470 g/mol. The van der Waals surface area contributed by atoms with Gasteiger partial charge in [-0.15, -0.1) is 0 Å². The van der Waals surface area contributed by atoms with Crippen molar-refractivity contribution in [2.24, 2.45) is 5.92 Å². The summed E-state index contributed by atoms with van der Waals surface area (Å²) < 4.78 is 39.3. The molecule has 176 valence electrons. The molecule has 0 aromatic heterocycles. The number of carbonyl (C=O) groups is 1. The molecule has 2 aromatic carbocycles. The van der Waals surface area contributed by atoms with E-state index in [4.69, 9.17) is 9.47 Å². The standard InChI is InChI=1S/C25H30N2O5S/c28-24(11-12-26-33(29,30)21-9-7-17-3-1-2-4-19(17)15-21)27-25(18-5-6-18)20-8-10-22-23(16-20)32-14-13-31-22/h7-10,15-16,18,25-26H,1-6,11-14H2,(H,27,28). The van der Waals surface area contributed by atoms with Crippen LogP contribution in [-0.4, -0.2) is 34.1 Å². The summed E-state index contributed by atoms with van der Waals surface area (Å²) in [5, 5.41) is 3.10. The van der Waals surface area contributed by atoms with Crippen LogP contribution < -0.4 is 19.5 Å². The molecule has 0 saturated heterocycles. The Morgan fingerprint density at radius 3 is 2.52 bits per heavy atom. The summed E-state index contributed by atoms with van der Waals surface area (Å²) in [6, 6.07) is 11.1. The summed E-state index contributed by atoms with van der Waals surface area (Å²) in [6.07, 6.45) is 6.38. The van der Waals surface area contributed by atoms with E-state index in [1.54, 1.807) is 12.1 Å². The quantitative estimate of drug-likeness (QED) is 0.618. The fourth-order valence-corrected chi connectivity index (χ4v) is 5.74. The second-order valence-electron chi connectivity index (χ2n) is 9.07. The lowest BCUT2D eigenvalue weighted by atomic mass is 9.92. The highest BCUT2D eigenvalue weighted by Gasteiger charge is 2.34. The molecule has 0 bridgehead atoms. The average Bonchev–Trinajstić information content (AvgIpc) is 3.67. The van der Waals surface area contributed by atoms with Gasteiger partial charge in [-0.05, 0) is 85.4 Å². The van der Waals surface area contributed by atoms with Crippen molar-refractivity contribution in [3.63, 3.8) is 0 Å². The molecule has 0 spiro atoms. The second kappa shape index (κ2) is 9.35. The summed E-state index contributed by atoms with van der Waals surface area (Å²) in [5.74, 6) is 1.65. The molecule has 1 amide bonds. The van der Waals surface area contributed by atoms with Crippen LogP contribution in [0.4, 0.5) is 0 Å². The molecule has 1 fully saturated rings. The van der Waals surface area contributed by atoms with Gasteiger partial charge in [-0.3, -0.25) is 4.79 Å². The summed E-state index contributed by atoms with van der Waals surface area (Å²) in [7, 11) is -3.64. The van der Waals surface area contributed by atoms with Gasteiger partial charge in [0.25, 0.3) is 0 Å². The van der Waals surface area contributed by atoms with E-state index in [0.717, 1.165) is 55.4 Å². The van der Waals surface area contributed by atoms with E-state index < -0.39 is 10.0 Å². The van der Waals surface area contributed by atoms with Crippen LogP contribution in [0.2, 0.25) is 0 Å². The highest BCUT2D eigenvalue weighted by molar-refractivity contribution is 7.89. The average molecular weight is 471 g/mol. The number of ether oxygens (including phenoxy) is 2. The highest BCUT2D eigenvalue weighted by atomic mass is 32.2. The van der Waals surface area contributed by atoms with Crippen molar-refractivity contribution < 1.29 is 22.7 Å². The number of rotatable bonds is 8. The van der Waals surface area contributed by atoms with Gasteiger partial charge >= 0.3 is 0 Å². The van der Waals surface area contributed by atoms with Gasteiger partial charge in [-0.2, -0.15) is 0 Å². The number of nitrogens with one attached hydrogen (secondary N) is 2. The summed E-state index contributed by atoms with van der Waals surface area (Å²) >= 11 is 0. The maximum Gasteiger partial charge on any atom is 0.240 e. The minimum atomic E-state index is -3.64. The first-order valence-electron chi connectivity index (χ1n) is 11.8. The Morgan fingerprint density at radius 2 is 1.73 bits per heavy atom. The number of hydrogen-bond acceptors (Lipinski definition) is 5. The summed E-state index contributed by atoms with van der Waals surface area (Å²) in [5.41, 5.74) is 3.35. The van der Waals surface area contributed by atoms with Crippen molar-refractivity contribution in [1.82, 2.24) is 10.0 Å². The largest absolute Gasteiger partial charge is 0.486 e. The van der Waals surface area contributed by atoms with Crippen LogP contribution in [0, 0.1) is 5.92 Å². The first-order chi connectivity index (χ1) is 16.0. The SMILES string of the molecule is O=C(CCNS(=O)(=O)c1ccc2c(c1)CCCC2)NC(c1ccc2c(c1)OCCO2)C1CC1. The Bertz CT molecular complexity index is 1140. The van der Waals surface area contributed by atoms with Gasteiger partial charge in [-0.25, -0.2) is 13.1 Å². The third kappa shape index (κ3) is 5.17. The Balaban J connectivity index is 1.18. The fourth-order valence-electron chi connectivity index (χ4n) is 4.66. The predicted octanol–water partition coefficient (Wildman–Crippen LogP) is 3.27. The molecule has 0 radical (unpaired) electrons. The molecule has 1 saturated carbocycles. The van der Waals surface area contributed by atoms with Gasteiger partial charge in [0.1, 0.15) is 13.2 Å². The van der Waals surface area contributed by atoms with Crippen LogP contribution >= 0.6 is 0 Å². The van der Waals surface area contributed by atoms with Crippen molar-refractivity contribution in [3.05, 3.63) is 53.1 Å². The lowest BCUT2D eigenvalue weighted by Gasteiger charge is -2.23. The molecular formula is C25H30N2O5S. The molecule has 2 aromatic rings. The summed E-state index contributed by atoms with van der Waals surface area (Å²) in [6.45, 7) is 1.11. The predicted molar refractivity (Wildman–Crippen MR) is 124 cm³/mol. The van der Waals surface area contributed by atoms with Crippen LogP contribution in [0.15, 0.2) is 41.3 Å². The van der Waals surface area contributed by atoms with E-state index in [9.17, 15) is 13.2 Å². The minimum Gasteiger partial charge on any atom is -0.486 e. The third-order valence-corrected chi connectivity index (χ3v) is 8.07. The molecule has 1 aliphatic heterocycles. The van der Waals surface area contributed by atoms with E-state index in [1.807, 2.05) is 24.3 Å². The normalized spacial score (nSPS) is 18.3. The van der Waals surface area contributed by atoms with E-state index in [0.29, 0.717) is 24.9 Å². The van der Waals surface area contributed by atoms with Crippen molar-refractivity contribution in [3.8, 4) is 11.5 Å². The zero-order valence-electron chi connectivity index (χ0n) is 18.6. The maximum absolute atomic E-state index is 12.7. The molecule has 1 atom stereocenters. The van der Waals surface area contributed by atoms with Crippen molar-refractivity contribution in [2.45, 2.75) is 55.9 Å². The first-order valence-corrected chi connectivity index (χ1v) is 13.3. The molecule has 3 aliphatic rings. The lowest BCUT2D eigenvalue weighted by molar-refractivity contribution is -0.121. The molecular weight excluding hydrogens is 440 g/mol. The molecule has 5 rings (SSSR count). The molecule has 33 heavy (non-hydrogen) atoms. The Hall–Kier alpha value is -2.58. The van der Waals surface area contributed by atoms with Crippen molar-refractivity contribution in [1.29, 1.82) is 0 Å². The molecule has 7 nitrogen and oxygen atoms in total. The van der Waals surface area contributed by atoms with E-state index in [-0.39, 0.29) is 29.8 Å². The molecule has 1 heterocycles. The van der Waals surface area contributed by atoms with Gasteiger partial charge < -0.3 is 14.8 Å². The smallest absolute Gasteiger partial charge is 0.240 e. The number of fused-ring (bicyclic) bond motifs is 2. The minimum absolute atomic E-state index is 0.0593. The zero-order chi connectivity index (χ0) is 22.8. The van der Waals surface area contributed by atoms with Crippen LogP contribution in [0.25, 0.3) is 0 Å². The highest BCUT2D eigenvalue weighted by Crippen LogP contribution is 2.43. The summed E-state index contributed by atoms with van der Waals surface area (Å²) in [4.78, 5) is 12.9. The molecule has 2 N–H and O–H groups in total. The molecule has 2 aliphatic carbocycles. The van der Waals surface area contributed by atoms with Crippen LogP contribution in [0.3, 0.4) is 0 Å². The number of hydrogen-bond donors (Lipinski definition) is 2. The maximum atomic E-state index is 12.7. The molecule has 8 heteroatoms. The Labute approximate surface area is 194 Å². The molecule has 1 unspecified atom stereocenters. The van der Waals surface area contributed by atoms with Gasteiger partial charge in [0.2, 0.25) is 15.9 Å². The number of aryl methyl sites for hydroxylation is 2. The Morgan fingerprint density at radius 1 is 0.970 bits per heavy atom. The Kier molecular flexibility index (Phi) is 6.29. The van der Waals surface area contributed by atoms with Crippen LogP contribution in [0.1, 0.15) is 54.8 Å². The topological polar surface area (TPSA) is 93.7 Å². The van der Waals surface area contributed by atoms with E-state index in [2.05, 4.69) is 10.0 Å². The number of carbonyl (C=O) groups excluding carboxylic acids is 1. The first kappa shape index (κ1) is 22.2. The van der Waals surface area contributed by atoms with Gasteiger partial charge in [0.05, 0.1) is 10.9 Å². The lowest BCUT2D eigenvalue weighted by Crippen LogP contribution is -2.34. The van der Waals surface area contributed by atoms with E-state index >= 15 is 0 Å². The number of amides is 1.